The van der Waals surface area contributed by atoms with Crippen LogP contribution in [0.3, 0.4) is 0 Å². The molecule has 112 valence electrons. The summed E-state index contributed by atoms with van der Waals surface area (Å²) >= 11 is 0. The summed E-state index contributed by atoms with van der Waals surface area (Å²) in [6.07, 6.45) is 8.05. The highest BCUT2D eigenvalue weighted by Gasteiger charge is 2.21. The number of benzene rings is 1. The van der Waals surface area contributed by atoms with Crippen molar-refractivity contribution < 1.29 is 0 Å². The van der Waals surface area contributed by atoms with Crippen LogP contribution in [0, 0.1) is 11.8 Å². The maximum Gasteiger partial charge on any atom is 0.0291 e. The molecule has 0 radical (unpaired) electrons. The molecule has 1 nitrogen and oxygen atoms in total. The van der Waals surface area contributed by atoms with Gasteiger partial charge in [-0.3, -0.25) is 0 Å². The van der Waals surface area contributed by atoms with Gasteiger partial charge in [-0.15, -0.1) is 0 Å². The normalized spacial score (nSPS) is 23.9. The summed E-state index contributed by atoms with van der Waals surface area (Å²) in [4.78, 5) is 0. The lowest BCUT2D eigenvalue weighted by molar-refractivity contribution is 0.440. The molecule has 0 amide bonds. The van der Waals surface area contributed by atoms with Gasteiger partial charge in [-0.25, -0.2) is 0 Å². The third-order valence-electron chi connectivity index (χ3n) is 4.81. The first-order valence-electron chi connectivity index (χ1n) is 8.51. The van der Waals surface area contributed by atoms with Crippen LogP contribution in [-0.4, -0.2) is 6.54 Å². The van der Waals surface area contributed by atoms with E-state index in [-0.39, 0.29) is 0 Å². The van der Waals surface area contributed by atoms with E-state index in [1.54, 1.807) is 0 Å². The Morgan fingerprint density at radius 3 is 2.55 bits per heavy atom. The van der Waals surface area contributed by atoms with Crippen LogP contribution in [0.25, 0.3) is 0 Å². The standard InChI is InChI=1S/C19H31N/c1-4-5-6-17-9-11-19(12-10-17)16(3)20-14-18-8-7-15(2)13-18/h9-12,15-16,18,20H,4-8,13-14H2,1-3H3. The van der Waals surface area contributed by atoms with E-state index in [4.69, 9.17) is 0 Å². The molecule has 0 bridgehead atoms. The number of nitrogens with one attached hydrogen (secondary N) is 1. The van der Waals surface area contributed by atoms with Crippen molar-refractivity contribution in [1.29, 1.82) is 0 Å². The van der Waals surface area contributed by atoms with Crippen LogP contribution in [0.2, 0.25) is 0 Å². The molecule has 0 heterocycles. The summed E-state index contributed by atoms with van der Waals surface area (Å²) in [7, 11) is 0. The molecule has 3 atom stereocenters. The summed E-state index contributed by atoms with van der Waals surface area (Å²) < 4.78 is 0. The molecule has 1 fully saturated rings. The Hall–Kier alpha value is -0.820. The Balaban J connectivity index is 1.78. The molecule has 1 N–H and O–H groups in total. The summed E-state index contributed by atoms with van der Waals surface area (Å²) in [6.45, 7) is 8.12. The Bertz CT molecular complexity index is 381. The average Bonchev–Trinajstić information content (AvgIpc) is 2.89. The Morgan fingerprint density at radius 1 is 1.20 bits per heavy atom. The Labute approximate surface area is 125 Å². The third kappa shape index (κ3) is 4.63. The van der Waals surface area contributed by atoms with Gasteiger partial charge in [0.25, 0.3) is 0 Å². The van der Waals surface area contributed by atoms with Crippen molar-refractivity contribution in [3.63, 3.8) is 0 Å². The van der Waals surface area contributed by atoms with Gasteiger partial charge in [-0.2, -0.15) is 0 Å². The molecule has 20 heavy (non-hydrogen) atoms. The van der Waals surface area contributed by atoms with Crippen LogP contribution >= 0.6 is 0 Å². The second kappa shape index (κ2) is 7.83. The highest BCUT2D eigenvalue weighted by Crippen LogP contribution is 2.30. The first-order chi connectivity index (χ1) is 9.69. The van der Waals surface area contributed by atoms with Gasteiger partial charge >= 0.3 is 0 Å². The van der Waals surface area contributed by atoms with Crippen LogP contribution in [-0.2, 0) is 6.42 Å². The van der Waals surface area contributed by atoms with E-state index in [0.29, 0.717) is 6.04 Å². The maximum absolute atomic E-state index is 3.72. The fraction of sp³-hybridized carbons (Fsp3) is 0.684. The van der Waals surface area contributed by atoms with Crippen LogP contribution in [0.5, 0.6) is 0 Å². The third-order valence-corrected chi connectivity index (χ3v) is 4.81. The van der Waals surface area contributed by atoms with Crippen molar-refractivity contribution in [2.45, 2.75) is 65.3 Å². The summed E-state index contributed by atoms with van der Waals surface area (Å²) in [5, 5.41) is 3.72. The van der Waals surface area contributed by atoms with Crippen molar-refractivity contribution in [2.75, 3.05) is 6.54 Å². The van der Waals surface area contributed by atoms with Crippen LogP contribution in [0.4, 0.5) is 0 Å². The minimum absolute atomic E-state index is 0.478. The fourth-order valence-electron chi connectivity index (χ4n) is 3.33. The van der Waals surface area contributed by atoms with E-state index in [0.717, 1.165) is 11.8 Å². The van der Waals surface area contributed by atoms with Crippen LogP contribution in [0.15, 0.2) is 24.3 Å². The fourth-order valence-corrected chi connectivity index (χ4v) is 3.33. The topological polar surface area (TPSA) is 12.0 Å². The predicted molar refractivity (Wildman–Crippen MR) is 88.0 cm³/mol. The zero-order chi connectivity index (χ0) is 14.4. The Kier molecular flexibility index (Phi) is 6.09. The molecule has 1 aliphatic carbocycles. The zero-order valence-electron chi connectivity index (χ0n) is 13.5. The van der Waals surface area contributed by atoms with Gasteiger partial charge in [0.1, 0.15) is 0 Å². The molecule has 1 aromatic rings. The van der Waals surface area contributed by atoms with Gasteiger partial charge in [0.15, 0.2) is 0 Å². The summed E-state index contributed by atoms with van der Waals surface area (Å²) in [5.74, 6) is 1.84. The second-order valence-electron chi connectivity index (χ2n) is 6.76. The van der Waals surface area contributed by atoms with Gasteiger partial charge in [0, 0.05) is 6.04 Å². The summed E-state index contributed by atoms with van der Waals surface area (Å²) in [6, 6.07) is 9.70. The molecule has 1 aromatic carbocycles. The van der Waals surface area contributed by atoms with Crippen molar-refractivity contribution in [2.24, 2.45) is 11.8 Å². The highest BCUT2D eigenvalue weighted by atomic mass is 14.9. The maximum atomic E-state index is 3.72. The largest absolute Gasteiger partial charge is 0.310 e. The van der Waals surface area contributed by atoms with Gasteiger partial charge in [-0.05, 0) is 62.1 Å². The average molecular weight is 273 g/mol. The minimum Gasteiger partial charge on any atom is -0.310 e. The van der Waals surface area contributed by atoms with Gasteiger partial charge in [-0.1, -0.05) is 51.0 Å². The number of rotatable bonds is 7. The number of hydrogen-bond donors (Lipinski definition) is 1. The molecule has 3 unspecified atom stereocenters. The Morgan fingerprint density at radius 2 is 1.95 bits per heavy atom. The number of unbranched alkanes of at least 4 members (excludes halogenated alkanes) is 1. The minimum atomic E-state index is 0.478. The zero-order valence-corrected chi connectivity index (χ0v) is 13.5. The van der Waals surface area contributed by atoms with Crippen LogP contribution in [0.1, 0.15) is 70.0 Å². The first-order valence-corrected chi connectivity index (χ1v) is 8.51. The first kappa shape index (κ1) is 15.6. The van der Waals surface area contributed by atoms with Crippen molar-refractivity contribution in [3.8, 4) is 0 Å². The van der Waals surface area contributed by atoms with E-state index in [1.165, 1.54) is 56.2 Å². The van der Waals surface area contributed by atoms with Crippen molar-refractivity contribution in [1.82, 2.24) is 5.32 Å². The predicted octanol–water partition coefficient (Wildman–Crippen LogP) is 5.12. The number of hydrogen-bond acceptors (Lipinski definition) is 1. The number of aryl methyl sites for hydroxylation is 1. The molecule has 2 rings (SSSR count). The van der Waals surface area contributed by atoms with E-state index < -0.39 is 0 Å². The van der Waals surface area contributed by atoms with E-state index in [9.17, 15) is 0 Å². The molecule has 0 aromatic heterocycles. The highest BCUT2D eigenvalue weighted by molar-refractivity contribution is 5.24. The van der Waals surface area contributed by atoms with Crippen molar-refractivity contribution >= 4 is 0 Å². The monoisotopic (exact) mass is 273 g/mol. The molecular formula is C19H31N. The lowest BCUT2D eigenvalue weighted by Gasteiger charge is -2.18. The van der Waals surface area contributed by atoms with E-state index in [1.807, 2.05) is 0 Å². The van der Waals surface area contributed by atoms with E-state index >= 15 is 0 Å². The molecule has 0 saturated heterocycles. The SMILES string of the molecule is CCCCc1ccc(C(C)NCC2CCC(C)C2)cc1. The molecular weight excluding hydrogens is 242 g/mol. The van der Waals surface area contributed by atoms with Gasteiger partial charge in [0.05, 0.1) is 0 Å². The molecule has 0 aliphatic heterocycles. The lowest BCUT2D eigenvalue weighted by Crippen LogP contribution is -2.24. The molecule has 1 heteroatoms. The second-order valence-corrected chi connectivity index (χ2v) is 6.76. The molecule has 1 saturated carbocycles. The smallest absolute Gasteiger partial charge is 0.0291 e. The molecule has 1 aliphatic rings. The quantitative estimate of drug-likeness (QED) is 0.727. The lowest BCUT2D eigenvalue weighted by atomic mass is 10.0. The van der Waals surface area contributed by atoms with Crippen molar-refractivity contribution in [3.05, 3.63) is 35.4 Å². The van der Waals surface area contributed by atoms with E-state index in [2.05, 4.69) is 50.4 Å². The summed E-state index contributed by atoms with van der Waals surface area (Å²) in [5.41, 5.74) is 2.91. The van der Waals surface area contributed by atoms with Gasteiger partial charge in [0.2, 0.25) is 0 Å². The molecule has 0 spiro atoms. The van der Waals surface area contributed by atoms with Crippen LogP contribution < -0.4 is 5.32 Å². The van der Waals surface area contributed by atoms with Gasteiger partial charge < -0.3 is 5.32 Å².